The van der Waals surface area contributed by atoms with Gasteiger partial charge in [0.1, 0.15) is 5.82 Å². The van der Waals surface area contributed by atoms with Gasteiger partial charge in [-0.25, -0.2) is 9.78 Å². The van der Waals surface area contributed by atoms with Crippen LogP contribution in [0, 0.1) is 6.92 Å². The molecule has 1 aromatic carbocycles. The standard InChI is InChI=1S/C12H10N2O3/c1-8-13-9-4-2-3-5-10(9)14(8)11(15)6-7-12(16)17/h2-7H,1H3,(H,16,17)/b7-6+. The molecule has 0 unspecified atom stereocenters. The SMILES string of the molecule is Cc1nc2ccccc2n1C(=O)/C=C/C(=O)O. The van der Waals surface area contributed by atoms with Gasteiger partial charge in [-0.2, -0.15) is 0 Å². The summed E-state index contributed by atoms with van der Waals surface area (Å²) >= 11 is 0. The van der Waals surface area contributed by atoms with Crippen LogP contribution in [-0.4, -0.2) is 26.5 Å². The first kappa shape index (κ1) is 11.1. The number of rotatable bonds is 2. The van der Waals surface area contributed by atoms with Crippen molar-refractivity contribution in [3.05, 3.63) is 42.2 Å². The maximum Gasteiger partial charge on any atom is 0.328 e. The molecule has 1 aromatic heterocycles. The van der Waals surface area contributed by atoms with Crippen molar-refractivity contribution in [2.75, 3.05) is 0 Å². The Hall–Kier alpha value is -2.43. The van der Waals surface area contributed by atoms with E-state index in [1.807, 2.05) is 6.07 Å². The van der Waals surface area contributed by atoms with Gasteiger partial charge in [-0.3, -0.25) is 9.36 Å². The first-order valence-corrected chi connectivity index (χ1v) is 4.99. The van der Waals surface area contributed by atoms with E-state index in [1.54, 1.807) is 25.1 Å². The zero-order chi connectivity index (χ0) is 12.4. The van der Waals surface area contributed by atoms with Crippen molar-refractivity contribution in [3.63, 3.8) is 0 Å². The molecule has 0 bridgehead atoms. The molecule has 0 radical (unpaired) electrons. The molecule has 0 amide bonds. The van der Waals surface area contributed by atoms with E-state index < -0.39 is 11.9 Å². The number of hydrogen-bond acceptors (Lipinski definition) is 3. The summed E-state index contributed by atoms with van der Waals surface area (Å²) < 4.78 is 1.38. The minimum absolute atomic E-state index is 0.418. The average Bonchev–Trinajstić information content (AvgIpc) is 2.61. The van der Waals surface area contributed by atoms with E-state index in [2.05, 4.69) is 4.98 Å². The van der Waals surface area contributed by atoms with Crippen LogP contribution in [0.2, 0.25) is 0 Å². The number of aliphatic carboxylic acids is 1. The fourth-order valence-corrected chi connectivity index (χ4v) is 1.64. The number of carbonyl (C=O) groups excluding carboxylic acids is 1. The van der Waals surface area contributed by atoms with E-state index >= 15 is 0 Å². The number of imidazole rings is 1. The molecule has 1 N–H and O–H groups in total. The van der Waals surface area contributed by atoms with Crippen molar-refractivity contribution < 1.29 is 14.7 Å². The Morgan fingerprint density at radius 2 is 2.00 bits per heavy atom. The van der Waals surface area contributed by atoms with Crippen molar-refractivity contribution in [2.45, 2.75) is 6.92 Å². The third kappa shape index (κ3) is 2.08. The number of carbonyl (C=O) groups is 2. The Morgan fingerprint density at radius 3 is 2.71 bits per heavy atom. The smallest absolute Gasteiger partial charge is 0.328 e. The van der Waals surface area contributed by atoms with Crippen LogP contribution < -0.4 is 0 Å². The molecular weight excluding hydrogens is 220 g/mol. The zero-order valence-electron chi connectivity index (χ0n) is 9.12. The summed E-state index contributed by atoms with van der Waals surface area (Å²) in [6.45, 7) is 1.70. The molecule has 0 aliphatic heterocycles. The van der Waals surface area contributed by atoms with Crippen LogP contribution in [0.5, 0.6) is 0 Å². The van der Waals surface area contributed by atoms with Gasteiger partial charge in [0.15, 0.2) is 0 Å². The number of nitrogens with zero attached hydrogens (tertiary/aromatic N) is 2. The molecule has 0 fully saturated rings. The number of aromatic nitrogens is 2. The molecule has 17 heavy (non-hydrogen) atoms. The van der Waals surface area contributed by atoms with Crippen LogP contribution in [0.15, 0.2) is 36.4 Å². The van der Waals surface area contributed by atoms with Gasteiger partial charge in [-0.15, -0.1) is 0 Å². The molecule has 2 rings (SSSR count). The molecule has 0 saturated carbocycles. The molecule has 0 spiro atoms. The lowest BCUT2D eigenvalue weighted by Crippen LogP contribution is -2.09. The third-order valence-corrected chi connectivity index (χ3v) is 2.32. The van der Waals surface area contributed by atoms with Gasteiger partial charge in [-0.05, 0) is 19.1 Å². The van der Waals surface area contributed by atoms with Gasteiger partial charge < -0.3 is 5.11 Å². The second kappa shape index (κ2) is 4.21. The van der Waals surface area contributed by atoms with Crippen molar-refractivity contribution in [1.29, 1.82) is 0 Å². The summed E-state index contributed by atoms with van der Waals surface area (Å²) in [5, 5.41) is 8.48. The molecule has 0 saturated heterocycles. The third-order valence-electron chi connectivity index (χ3n) is 2.32. The molecule has 0 aliphatic carbocycles. The van der Waals surface area contributed by atoms with Crippen LogP contribution in [0.25, 0.3) is 11.0 Å². The van der Waals surface area contributed by atoms with Crippen molar-refractivity contribution in [1.82, 2.24) is 9.55 Å². The Labute approximate surface area is 97.0 Å². The van der Waals surface area contributed by atoms with Crippen LogP contribution in [0.3, 0.4) is 0 Å². The van der Waals surface area contributed by atoms with Gasteiger partial charge in [-0.1, -0.05) is 12.1 Å². The highest BCUT2D eigenvalue weighted by Crippen LogP contribution is 2.15. The summed E-state index contributed by atoms with van der Waals surface area (Å²) in [4.78, 5) is 26.4. The lowest BCUT2D eigenvalue weighted by atomic mass is 10.3. The van der Waals surface area contributed by atoms with Crippen LogP contribution in [0.1, 0.15) is 10.6 Å². The molecule has 1 heterocycles. The number of benzene rings is 1. The first-order chi connectivity index (χ1) is 8.09. The lowest BCUT2D eigenvalue weighted by molar-refractivity contribution is -0.131. The van der Waals surface area contributed by atoms with Crippen LogP contribution >= 0.6 is 0 Å². The minimum atomic E-state index is -1.15. The summed E-state index contributed by atoms with van der Waals surface area (Å²) in [7, 11) is 0. The lowest BCUT2D eigenvalue weighted by Gasteiger charge is -2.00. The molecule has 5 nitrogen and oxygen atoms in total. The monoisotopic (exact) mass is 230 g/mol. The number of fused-ring (bicyclic) bond motifs is 1. The quantitative estimate of drug-likeness (QED) is 0.796. The van der Waals surface area contributed by atoms with Crippen molar-refractivity contribution in [2.24, 2.45) is 0 Å². The summed E-state index contributed by atoms with van der Waals surface area (Å²) in [6, 6.07) is 7.19. The maximum atomic E-state index is 11.8. The summed E-state index contributed by atoms with van der Waals surface area (Å²) in [5.74, 6) is -1.04. The largest absolute Gasteiger partial charge is 0.478 e. The number of hydrogen-bond donors (Lipinski definition) is 1. The molecule has 2 aromatic rings. The summed E-state index contributed by atoms with van der Waals surface area (Å²) in [6.07, 6.45) is 1.83. The highest BCUT2D eigenvalue weighted by atomic mass is 16.4. The molecular formula is C12H10N2O3. The second-order valence-electron chi connectivity index (χ2n) is 3.49. The number of carboxylic acid groups (broad SMARTS) is 1. The van der Waals surface area contributed by atoms with Gasteiger partial charge in [0.25, 0.3) is 5.91 Å². The first-order valence-electron chi connectivity index (χ1n) is 4.99. The molecule has 86 valence electrons. The van der Waals surface area contributed by atoms with E-state index in [0.29, 0.717) is 16.9 Å². The summed E-state index contributed by atoms with van der Waals surface area (Å²) in [5.41, 5.74) is 1.38. The predicted octanol–water partition coefficient (Wildman–Crippen LogP) is 1.63. The Balaban J connectivity index is 2.51. The predicted molar refractivity (Wildman–Crippen MR) is 61.9 cm³/mol. The van der Waals surface area contributed by atoms with E-state index in [4.69, 9.17) is 5.11 Å². The maximum absolute atomic E-state index is 11.8. The topological polar surface area (TPSA) is 72.2 Å². The normalized spacial score (nSPS) is 11.1. The number of allylic oxidation sites excluding steroid dienone is 1. The highest BCUT2D eigenvalue weighted by molar-refractivity contribution is 6.00. The minimum Gasteiger partial charge on any atom is -0.478 e. The number of para-hydroxylation sites is 2. The van der Waals surface area contributed by atoms with Crippen molar-refractivity contribution >= 4 is 22.9 Å². The van der Waals surface area contributed by atoms with Gasteiger partial charge >= 0.3 is 5.97 Å². The van der Waals surface area contributed by atoms with Crippen LogP contribution in [0.4, 0.5) is 0 Å². The molecule has 5 heteroatoms. The van der Waals surface area contributed by atoms with Crippen molar-refractivity contribution in [3.8, 4) is 0 Å². The Morgan fingerprint density at radius 1 is 1.29 bits per heavy atom. The van der Waals surface area contributed by atoms with Gasteiger partial charge in [0.2, 0.25) is 0 Å². The number of carboxylic acids is 1. The highest BCUT2D eigenvalue weighted by Gasteiger charge is 2.11. The fraction of sp³-hybridized carbons (Fsp3) is 0.0833. The van der Waals surface area contributed by atoms with E-state index in [1.165, 1.54) is 4.57 Å². The van der Waals surface area contributed by atoms with Gasteiger partial charge in [0, 0.05) is 12.2 Å². The van der Waals surface area contributed by atoms with Gasteiger partial charge in [0.05, 0.1) is 11.0 Å². The Kier molecular flexibility index (Phi) is 2.74. The molecule has 0 aliphatic rings. The van der Waals surface area contributed by atoms with Crippen LogP contribution in [-0.2, 0) is 4.79 Å². The Bertz CT molecular complexity index is 626. The fourth-order valence-electron chi connectivity index (χ4n) is 1.64. The van der Waals surface area contributed by atoms with E-state index in [0.717, 1.165) is 12.2 Å². The second-order valence-corrected chi connectivity index (χ2v) is 3.49. The zero-order valence-corrected chi connectivity index (χ0v) is 9.12. The van der Waals surface area contributed by atoms with E-state index in [9.17, 15) is 9.59 Å². The number of aryl methyl sites for hydroxylation is 1. The average molecular weight is 230 g/mol. The molecule has 0 atom stereocenters. The van der Waals surface area contributed by atoms with E-state index in [-0.39, 0.29) is 0 Å².